The summed E-state index contributed by atoms with van der Waals surface area (Å²) in [4.78, 5) is 14.8. The first kappa shape index (κ1) is 14.8. The van der Waals surface area contributed by atoms with Crippen LogP contribution in [0.15, 0.2) is 0 Å². The topological polar surface area (TPSA) is 32.3 Å². The lowest BCUT2D eigenvalue weighted by molar-refractivity contribution is -0.133. The maximum atomic E-state index is 12.7. The molecular formula is C16H30N2O. The van der Waals surface area contributed by atoms with E-state index in [1.165, 1.54) is 32.1 Å². The Labute approximate surface area is 118 Å². The standard InChI is InChI=1S/C16H30N2O/c1-5-11(3)15-16(19)18(12(4)17-15)14-9-7-8-13(6-2)10-14/h11-15,17H,5-10H2,1-4H3. The maximum absolute atomic E-state index is 12.7. The smallest absolute Gasteiger partial charge is 0.241 e. The van der Waals surface area contributed by atoms with E-state index < -0.39 is 0 Å². The van der Waals surface area contributed by atoms with Crippen LogP contribution in [0.3, 0.4) is 0 Å². The summed E-state index contributed by atoms with van der Waals surface area (Å²) >= 11 is 0. The molecule has 3 nitrogen and oxygen atoms in total. The molecule has 0 bridgehead atoms. The van der Waals surface area contributed by atoms with Crippen LogP contribution in [0.5, 0.6) is 0 Å². The zero-order valence-electron chi connectivity index (χ0n) is 13.0. The minimum Gasteiger partial charge on any atom is -0.323 e. The fraction of sp³-hybridized carbons (Fsp3) is 0.938. The zero-order valence-corrected chi connectivity index (χ0v) is 13.0. The van der Waals surface area contributed by atoms with Gasteiger partial charge in [0.05, 0.1) is 12.2 Å². The molecule has 19 heavy (non-hydrogen) atoms. The monoisotopic (exact) mass is 266 g/mol. The highest BCUT2D eigenvalue weighted by Crippen LogP contribution is 2.33. The molecule has 2 rings (SSSR count). The number of nitrogens with zero attached hydrogens (tertiary/aromatic N) is 1. The van der Waals surface area contributed by atoms with E-state index in [1.807, 2.05) is 0 Å². The first-order chi connectivity index (χ1) is 9.08. The average Bonchev–Trinajstić information content (AvgIpc) is 2.73. The van der Waals surface area contributed by atoms with Gasteiger partial charge in [0.15, 0.2) is 0 Å². The van der Waals surface area contributed by atoms with Gasteiger partial charge in [-0.15, -0.1) is 0 Å². The van der Waals surface area contributed by atoms with Crippen LogP contribution in [0.2, 0.25) is 0 Å². The molecule has 5 atom stereocenters. The van der Waals surface area contributed by atoms with Gasteiger partial charge in [0.1, 0.15) is 0 Å². The summed E-state index contributed by atoms with van der Waals surface area (Å²) in [5.41, 5.74) is 0. The largest absolute Gasteiger partial charge is 0.323 e. The highest BCUT2D eigenvalue weighted by Gasteiger charge is 2.43. The minimum atomic E-state index is 0.0435. The lowest BCUT2D eigenvalue weighted by Crippen LogP contribution is -2.45. The number of nitrogens with one attached hydrogen (secondary N) is 1. The SMILES string of the molecule is CCC1CCCC(N2C(=O)C(C(C)CC)NC2C)C1. The summed E-state index contributed by atoms with van der Waals surface area (Å²) < 4.78 is 0. The molecule has 3 heteroatoms. The fourth-order valence-corrected chi connectivity index (χ4v) is 3.79. The third-order valence-electron chi connectivity index (χ3n) is 5.30. The van der Waals surface area contributed by atoms with Crippen LogP contribution in [0.4, 0.5) is 0 Å². The number of hydrogen-bond acceptors (Lipinski definition) is 2. The van der Waals surface area contributed by atoms with Gasteiger partial charge < -0.3 is 4.90 Å². The first-order valence-corrected chi connectivity index (χ1v) is 8.16. The number of hydrogen-bond donors (Lipinski definition) is 1. The Balaban J connectivity index is 2.05. The Bertz CT molecular complexity index is 318. The highest BCUT2D eigenvalue weighted by atomic mass is 16.2. The second kappa shape index (κ2) is 6.25. The van der Waals surface area contributed by atoms with Gasteiger partial charge in [0, 0.05) is 6.04 Å². The zero-order chi connectivity index (χ0) is 14.0. The van der Waals surface area contributed by atoms with Crippen molar-refractivity contribution in [1.29, 1.82) is 0 Å². The van der Waals surface area contributed by atoms with Crippen molar-refractivity contribution in [3.05, 3.63) is 0 Å². The molecule has 0 spiro atoms. The molecule has 1 aliphatic heterocycles. The van der Waals surface area contributed by atoms with Crippen molar-refractivity contribution in [2.45, 2.75) is 84.5 Å². The molecule has 1 saturated carbocycles. The van der Waals surface area contributed by atoms with Gasteiger partial charge in [-0.2, -0.15) is 0 Å². The van der Waals surface area contributed by atoms with Gasteiger partial charge in [-0.1, -0.05) is 46.5 Å². The number of rotatable bonds is 4. The molecule has 1 saturated heterocycles. The van der Waals surface area contributed by atoms with Crippen molar-refractivity contribution in [3.63, 3.8) is 0 Å². The minimum absolute atomic E-state index is 0.0435. The Morgan fingerprint density at radius 1 is 1.37 bits per heavy atom. The molecule has 1 N–H and O–H groups in total. The summed E-state index contributed by atoms with van der Waals surface area (Å²) in [7, 11) is 0. The highest BCUT2D eigenvalue weighted by molar-refractivity contribution is 5.84. The second-order valence-electron chi connectivity index (χ2n) is 6.55. The van der Waals surface area contributed by atoms with E-state index in [-0.39, 0.29) is 12.2 Å². The first-order valence-electron chi connectivity index (χ1n) is 8.16. The summed E-state index contributed by atoms with van der Waals surface area (Å²) in [5, 5.41) is 3.51. The third-order valence-corrected chi connectivity index (χ3v) is 5.30. The molecule has 0 aromatic heterocycles. The Morgan fingerprint density at radius 3 is 2.74 bits per heavy atom. The van der Waals surface area contributed by atoms with Crippen LogP contribution in [0.25, 0.3) is 0 Å². The van der Waals surface area contributed by atoms with Crippen LogP contribution in [-0.2, 0) is 4.79 Å². The van der Waals surface area contributed by atoms with Crippen molar-refractivity contribution < 1.29 is 4.79 Å². The Kier molecular flexibility index (Phi) is 4.88. The Hall–Kier alpha value is -0.570. The molecule has 2 aliphatic rings. The van der Waals surface area contributed by atoms with Crippen LogP contribution in [-0.4, -0.2) is 29.1 Å². The van der Waals surface area contributed by atoms with Crippen molar-refractivity contribution in [2.24, 2.45) is 11.8 Å². The van der Waals surface area contributed by atoms with Crippen molar-refractivity contribution in [3.8, 4) is 0 Å². The van der Waals surface area contributed by atoms with Gasteiger partial charge >= 0.3 is 0 Å². The van der Waals surface area contributed by atoms with Gasteiger partial charge in [0.25, 0.3) is 0 Å². The molecule has 1 heterocycles. The molecule has 0 radical (unpaired) electrons. The lowest BCUT2D eigenvalue weighted by atomic mass is 9.83. The summed E-state index contributed by atoms with van der Waals surface area (Å²) in [6, 6.07) is 0.518. The van der Waals surface area contributed by atoms with Crippen molar-refractivity contribution >= 4 is 5.91 Å². The van der Waals surface area contributed by atoms with Gasteiger partial charge in [0.2, 0.25) is 5.91 Å². The number of carbonyl (C=O) groups excluding carboxylic acids is 1. The summed E-state index contributed by atoms with van der Waals surface area (Å²) in [6.45, 7) is 8.78. The fourth-order valence-electron chi connectivity index (χ4n) is 3.79. The maximum Gasteiger partial charge on any atom is 0.241 e. The predicted molar refractivity (Wildman–Crippen MR) is 78.7 cm³/mol. The van der Waals surface area contributed by atoms with E-state index in [1.54, 1.807) is 0 Å². The van der Waals surface area contributed by atoms with Gasteiger partial charge in [-0.25, -0.2) is 0 Å². The lowest BCUT2D eigenvalue weighted by Gasteiger charge is -2.37. The van der Waals surface area contributed by atoms with Crippen LogP contribution in [0.1, 0.15) is 66.2 Å². The van der Waals surface area contributed by atoms with Crippen LogP contribution < -0.4 is 5.32 Å². The summed E-state index contributed by atoms with van der Waals surface area (Å²) in [6.07, 6.45) is 7.58. The molecule has 0 aromatic rings. The van der Waals surface area contributed by atoms with Crippen LogP contribution >= 0.6 is 0 Å². The van der Waals surface area contributed by atoms with E-state index in [4.69, 9.17) is 0 Å². The van der Waals surface area contributed by atoms with Crippen molar-refractivity contribution in [1.82, 2.24) is 10.2 Å². The molecule has 110 valence electrons. The molecule has 5 unspecified atom stereocenters. The predicted octanol–water partition coefficient (Wildman–Crippen LogP) is 3.15. The van der Waals surface area contributed by atoms with E-state index in [0.717, 1.165) is 12.3 Å². The molecule has 1 amide bonds. The third kappa shape index (κ3) is 2.96. The van der Waals surface area contributed by atoms with E-state index in [2.05, 4.69) is 37.9 Å². The van der Waals surface area contributed by atoms with Crippen molar-refractivity contribution in [2.75, 3.05) is 0 Å². The summed E-state index contributed by atoms with van der Waals surface area (Å²) in [5.74, 6) is 1.61. The average molecular weight is 266 g/mol. The van der Waals surface area contributed by atoms with E-state index >= 15 is 0 Å². The molecule has 0 aromatic carbocycles. The van der Waals surface area contributed by atoms with E-state index in [0.29, 0.717) is 17.9 Å². The number of amides is 1. The van der Waals surface area contributed by atoms with E-state index in [9.17, 15) is 4.79 Å². The molecule has 2 fully saturated rings. The quantitative estimate of drug-likeness (QED) is 0.848. The van der Waals surface area contributed by atoms with Gasteiger partial charge in [-0.3, -0.25) is 10.1 Å². The number of carbonyl (C=O) groups is 1. The normalized spacial score (nSPS) is 37.7. The molecule has 1 aliphatic carbocycles. The second-order valence-corrected chi connectivity index (χ2v) is 6.55. The van der Waals surface area contributed by atoms with Gasteiger partial charge in [-0.05, 0) is 31.6 Å². The molecular weight excluding hydrogens is 236 g/mol. The Morgan fingerprint density at radius 2 is 2.11 bits per heavy atom. The van der Waals surface area contributed by atoms with Crippen LogP contribution in [0, 0.1) is 11.8 Å².